The molecular weight excluding hydrogens is 335 g/mol. The lowest BCUT2D eigenvalue weighted by molar-refractivity contribution is -0.123. The van der Waals surface area contributed by atoms with Crippen LogP contribution in [0.5, 0.6) is 5.75 Å². The van der Waals surface area contributed by atoms with Crippen molar-refractivity contribution in [3.8, 4) is 5.75 Å². The molecule has 4 nitrogen and oxygen atoms in total. The van der Waals surface area contributed by atoms with Gasteiger partial charge in [-0.15, -0.1) is 0 Å². The summed E-state index contributed by atoms with van der Waals surface area (Å²) in [4.78, 5) is 11.8. The van der Waals surface area contributed by atoms with Crippen molar-refractivity contribution in [1.29, 1.82) is 0 Å². The summed E-state index contributed by atoms with van der Waals surface area (Å²) in [6.45, 7) is 3.76. The molecule has 0 aliphatic carbocycles. The van der Waals surface area contributed by atoms with Gasteiger partial charge in [-0.1, -0.05) is 41.4 Å². The molecule has 0 bridgehead atoms. The molecule has 2 aromatic carbocycles. The van der Waals surface area contributed by atoms with Gasteiger partial charge in [-0.05, 0) is 43.2 Å². The highest BCUT2D eigenvalue weighted by Crippen LogP contribution is 2.22. The summed E-state index contributed by atoms with van der Waals surface area (Å²) in [7, 11) is 0. The minimum absolute atomic E-state index is 0.127. The molecule has 0 aliphatic heterocycles. The summed E-state index contributed by atoms with van der Waals surface area (Å²) in [6, 6.07) is 10.9. The maximum absolute atomic E-state index is 11.8. The Balaban J connectivity index is 1.90. The average Bonchev–Trinajstić information content (AvgIpc) is 2.51. The molecule has 23 heavy (non-hydrogen) atoms. The number of halogens is 2. The van der Waals surface area contributed by atoms with Crippen LogP contribution < -0.4 is 10.2 Å². The van der Waals surface area contributed by atoms with Crippen LogP contribution in [0.2, 0.25) is 10.0 Å². The fraction of sp³-hybridized carbons (Fsp3) is 0.176. The van der Waals surface area contributed by atoms with Crippen LogP contribution in [0.4, 0.5) is 0 Å². The third kappa shape index (κ3) is 4.98. The standard InChI is InChI=1S/C17H16Cl2N2O2/c1-11-6-7-12(2)16(8-11)23-10-17(22)21-20-9-13-14(18)4-3-5-15(13)19/h3-9H,10H2,1-2H3,(H,21,22). The second-order valence-electron chi connectivity index (χ2n) is 4.99. The number of aryl methyl sites for hydroxylation is 2. The summed E-state index contributed by atoms with van der Waals surface area (Å²) in [6.07, 6.45) is 1.40. The molecule has 1 amide bonds. The van der Waals surface area contributed by atoms with Gasteiger partial charge in [0.1, 0.15) is 5.75 Å². The quantitative estimate of drug-likeness (QED) is 0.650. The first-order valence-corrected chi connectivity index (χ1v) is 7.69. The number of amides is 1. The van der Waals surface area contributed by atoms with Gasteiger partial charge in [0.2, 0.25) is 0 Å². The van der Waals surface area contributed by atoms with E-state index in [0.717, 1.165) is 11.1 Å². The first-order chi connectivity index (χ1) is 11.0. The highest BCUT2D eigenvalue weighted by Gasteiger charge is 2.05. The number of nitrogens with one attached hydrogen (secondary N) is 1. The van der Waals surface area contributed by atoms with Crippen LogP contribution >= 0.6 is 23.2 Å². The Morgan fingerprint density at radius 1 is 1.22 bits per heavy atom. The summed E-state index contributed by atoms with van der Waals surface area (Å²) in [5, 5.41) is 4.76. The van der Waals surface area contributed by atoms with Crippen LogP contribution in [-0.4, -0.2) is 18.7 Å². The van der Waals surface area contributed by atoms with Crippen molar-refractivity contribution in [2.24, 2.45) is 5.10 Å². The normalized spacial score (nSPS) is 10.8. The third-order valence-corrected chi connectivity index (χ3v) is 3.74. The van der Waals surface area contributed by atoms with Gasteiger partial charge in [0.05, 0.1) is 16.3 Å². The van der Waals surface area contributed by atoms with Gasteiger partial charge in [-0.2, -0.15) is 5.10 Å². The summed E-state index contributed by atoms with van der Waals surface area (Å²) in [5.74, 6) is 0.309. The highest BCUT2D eigenvalue weighted by atomic mass is 35.5. The molecule has 0 aliphatic rings. The molecule has 0 spiro atoms. The molecule has 0 saturated carbocycles. The minimum Gasteiger partial charge on any atom is -0.483 e. The van der Waals surface area contributed by atoms with E-state index in [1.807, 2.05) is 32.0 Å². The molecule has 6 heteroatoms. The van der Waals surface area contributed by atoms with Crippen LogP contribution in [0, 0.1) is 13.8 Å². The van der Waals surface area contributed by atoms with E-state index in [4.69, 9.17) is 27.9 Å². The van der Waals surface area contributed by atoms with Crippen LogP contribution in [0.15, 0.2) is 41.5 Å². The predicted molar refractivity (Wildman–Crippen MR) is 93.6 cm³/mol. The molecule has 2 aromatic rings. The molecule has 2 rings (SSSR count). The van der Waals surface area contributed by atoms with Gasteiger partial charge < -0.3 is 4.74 Å². The van der Waals surface area contributed by atoms with Crippen molar-refractivity contribution in [1.82, 2.24) is 5.43 Å². The lowest BCUT2D eigenvalue weighted by Gasteiger charge is -2.08. The van der Waals surface area contributed by atoms with Gasteiger partial charge in [0, 0.05) is 5.56 Å². The maximum Gasteiger partial charge on any atom is 0.277 e. The largest absolute Gasteiger partial charge is 0.483 e. The maximum atomic E-state index is 11.8. The van der Waals surface area contributed by atoms with Crippen molar-refractivity contribution in [3.05, 3.63) is 63.1 Å². The van der Waals surface area contributed by atoms with Crippen LogP contribution in [-0.2, 0) is 4.79 Å². The number of hydrogen-bond donors (Lipinski definition) is 1. The molecular formula is C17H16Cl2N2O2. The second-order valence-corrected chi connectivity index (χ2v) is 5.80. The number of benzene rings is 2. The molecule has 0 heterocycles. The van der Waals surface area contributed by atoms with E-state index in [2.05, 4.69) is 10.5 Å². The van der Waals surface area contributed by atoms with E-state index in [0.29, 0.717) is 21.4 Å². The van der Waals surface area contributed by atoms with Crippen LogP contribution in [0.1, 0.15) is 16.7 Å². The van der Waals surface area contributed by atoms with E-state index >= 15 is 0 Å². The molecule has 0 fully saturated rings. The van der Waals surface area contributed by atoms with Gasteiger partial charge in [-0.3, -0.25) is 4.79 Å². The zero-order chi connectivity index (χ0) is 16.8. The van der Waals surface area contributed by atoms with Crippen molar-refractivity contribution in [3.63, 3.8) is 0 Å². The van der Waals surface area contributed by atoms with E-state index < -0.39 is 0 Å². The number of ether oxygens (including phenoxy) is 1. The van der Waals surface area contributed by atoms with Gasteiger partial charge in [0.25, 0.3) is 5.91 Å². The van der Waals surface area contributed by atoms with Crippen molar-refractivity contribution >= 4 is 35.3 Å². The Bertz CT molecular complexity index is 725. The van der Waals surface area contributed by atoms with E-state index in [1.54, 1.807) is 18.2 Å². The molecule has 120 valence electrons. The number of carbonyl (C=O) groups excluding carboxylic acids is 1. The Morgan fingerprint density at radius 2 is 1.91 bits per heavy atom. The van der Waals surface area contributed by atoms with E-state index in [9.17, 15) is 4.79 Å². The van der Waals surface area contributed by atoms with Crippen LogP contribution in [0.3, 0.4) is 0 Å². The van der Waals surface area contributed by atoms with Gasteiger partial charge in [0.15, 0.2) is 6.61 Å². The molecule has 0 saturated heterocycles. The van der Waals surface area contributed by atoms with Crippen LogP contribution in [0.25, 0.3) is 0 Å². The lowest BCUT2D eigenvalue weighted by atomic mass is 10.1. The van der Waals surface area contributed by atoms with E-state index in [-0.39, 0.29) is 12.5 Å². The smallest absolute Gasteiger partial charge is 0.277 e. The predicted octanol–water partition coefficient (Wildman–Crippen LogP) is 4.14. The second kappa shape index (κ2) is 7.99. The Hall–Kier alpha value is -2.04. The summed E-state index contributed by atoms with van der Waals surface area (Å²) < 4.78 is 5.49. The average molecular weight is 351 g/mol. The summed E-state index contributed by atoms with van der Waals surface area (Å²) >= 11 is 12.0. The van der Waals surface area contributed by atoms with Crippen molar-refractivity contribution < 1.29 is 9.53 Å². The van der Waals surface area contributed by atoms with Crippen molar-refractivity contribution in [2.75, 3.05) is 6.61 Å². The number of nitrogens with zero attached hydrogens (tertiary/aromatic N) is 1. The fourth-order valence-corrected chi connectivity index (χ4v) is 2.34. The number of hydrazone groups is 1. The monoisotopic (exact) mass is 350 g/mol. The number of carbonyl (C=O) groups is 1. The first kappa shape index (κ1) is 17.3. The molecule has 0 atom stereocenters. The van der Waals surface area contributed by atoms with E-state index in [1.165, 1.54) is 6.21 Å². The van der Waals surface area contributed by atoms with Crippen molar-refractivity contribution in [2.45, 2.75) is 13.8 Å². The molecule has 0 aromatic heterocycles. The molecule has 1 N–H and O–H groups in total. The highest BCUT2D eigenvalue weighted by molar-refractivity contribution is 6.38. The molecule has 0 unspecified atom stereocenters. The SMILES string of the molecule is Cc1ccc(C)c(OCC(=O)NN=Cc2c(Cl)cccc2Cl)c1. The third-order valence-electron chi connectivity index (χ3n) is 3.09. The fourth-order valence-electron chi connectivity index (χ4n) is 1.84. The Kier molecular flexibility index (Phi) is 6.02. The zero-order valence-corrected chi connectivity index (χ0v) is 14.3. The number of hydrogen-bond acceptors (Lipinski definition) is 3. The summed E-state index contributed by atoms with van der Waals surface area (Å²) in [5.41, 5.74) is 4.96. The Morgan fingerprint density at radius 3 is 2.61 bits per heavy atom. The van der Waals surface area contributed by atoms with Gasteiger partial charge in [-0.25, -0.2) is 5.43 Å². The number of rotatable bonds is 5. The first-order valence-electron chi connectivity index (χ1n) is 6.93. The minimum atomic E-state index is -0.370. The topological polar surface area (TPSA) is 50.7 Å². The lowest BCUT2D eigenvalue weighted by Crippen LogP contribution is -2.24. The molecule has 0 radical (unpaired) electrons. The Labute approximate surface area is 145 Å². The van der Waals surface area contributed by atoms with Gasteiger partial charge >= 0.3 is 0 Å². The zero-order valence-electron chi connectivity index (χ0n) is 12.8.